The molecule has 0 saturated heterocycles. The Balaban J connectivity index is 3.44. The minimum atomic E-state index is -1.04. The van der Waals surface area contributed by atoms with E-state index in [1.54, 1.807) is 0 Å². The first-order valence-corrected chi connectivity index (χ1v) is 5.45. The van der Waals surface area contributed by atoms with E-state index < -0.39 is 11.9 Å². The fourth-order valence-corrected chi connectivity index (χ4v) is 2.75. The Kier molecular flexibility index (Phi) is 3.47. The molecule has 0 spiro atoms. The maximum Gasteiger partial charge on any atom is 0.346 e. The lowest BCUT2D eigenvalue weighted by atomic mass is 10.0. The number of carboxylic acids is 2. The van der Waals surface area contributed by atoms with Gasteiger partial charge in [0.1, 0.15) is 9.75 Å². The average Bonchev–Trinajstić information content (AvgIpc) is 2.55. The highest BCUT2D eigenvalue weighted by Crippen LogP contribution is 2.29. The number of aromatic carboxylic acids is 2. The number of carboxylic acid groups (broad SMARTS) is 2. The number of thiophene rings is 1. The zero-order chi connectivity index (χ0) is 11.6. The topological polar surface area (TPSA) is 74.6 Å². The van der Waals surface area contributed by atoms with Gasteiger partial charge in [-0.15, -0.1) is 11.3 Å². The second-order valence-corrected chi connectivity index (χ2v) is 4.06. The van der Waals surface area contributed by atoms with Crippen LogP contribution < -0.4 is 0 Å². The van der Waals surface area contributed by atoms with Crippen molar-refractivity contribution in [2.24, 2.45) is 0 Å². The van der Waals surface area contributed by atoms with Crippen molar-refractivity contribution in [3.63, 3.8) is 0 Å². The quantitative estimate of drug-likeness (QED) is 0.829. The molecule has 82 valence electrons. The normalized spacial score (nSPS) is 10.3. The van der Waals surface area contributed by atoms with E-state index in [2.05, 4.69) is 0 Å². The number of rotatable bonds is 4. The second kappa shape index (κ2) is 4.44. The highest BCUT2D eigenvalue weighted by Gasteiger charge is 2.23. The molecule has 0 radical (unpaired) electrons. The third-order valence-corrected chi connectivity index (χ3v) is 3.46. The van der Waals surface area contributed by atoms with E-state index >= 15 is 0 Å². The molecule has 0 amide bonds. The lowest BCUT2D eigenvalue weighted by Gasteiger charge is -2.00. The Morgan fingerprint density at radius 1 is 1.00 bits per heavy atom. The third kappa shape index (κ3) is 2.02. The second-order valence-electron chi connectivity index (χ2n) is 3.03. The van der Waals surface area contributed by atoms with Gasteiger partial charge >= 0.3 is 11.9 Å². The van der Waals surface area contributed by atoms with Crippen LogP contribution in [0.4, 0.5) is 0 Å². The van der Waals surface area contributed by atoms with Gasteiger partial charge in [-0.1, -0.05) is 13.8 Å². The Labute approximate surface area is 91.2 Å². The molecule has 1 rings (SSSR count). The van der Waals surface area contributed by atoms with Crippen molar-refractivity contribution in [2.45, 2.75) is 26.7 Å². The Bertz CT molecular complexity index is 369. The predicted molar refractivity (Wildman–Crippen MR) is 57.0 cm³/mol. The minimum Gasteiger partial charge on any atom is -0.477 e. The van der Waals surface area contributed by atoms with Crippen LogP contribution in [-0.2, 0) is 12.8 Å². The van der Waals surface area contributed by atoms with Gasteiger partial charge in [0.05, 0.1) is 0 Å². The summed E-state index contributed by atoms with van der Waals surface area (Å²) in [6.07, 6.45) is 1.10. The molecule has 0 aliphatic heterocycles. The van der Waals surface area contributed by atoms with E-state index in [0.29, 0.717) is 24.0 Å². The zero-order valence-corrected chi connectivity index (χ0v) is 9.35. The van der Waals surface area contributed by atoms with Gasteiger partial charge in [0.15, 0.2) is 0 Å². The van der Waals surface area contributed by atoms with Crippen LogP contribution in [0.15, 0.2) is 0 Å². The lowest BCUT2D eigenvalue weighted by molar-refractivity contribution is 0.0691. The van der Waals surface area contributed by atoms with Crippen molar-refractivity contribution in [1.82, 2.24) is 0 Å². The van der Waals surface area contributed by atoms with Gasteiger partial charge in [-0.25, -0.2) is 9.59 Å². The van der Waals surface area contributed by atoms with E-state index in [1.807, 2.05) is 13.8 Å². The summed E-state index contributed by atoms with van der Waals surface area (Å²) in [5.74, 6) is -2.09. The number of carbonyl (C=O) groups is 2. The molecule has 4 nitrogen and oxygen atoms in total. The molecule has 5 heteroatoms. The molecule has 0 bridgehead atoms. The van der Waals surface area contributed by atoms with Crippen LogP contribution in [0.5, 0.6) is 0 Å². The van der Waals surface area contributed by atoms with E-state index in [9.17, 15) is 9.59 Å². The lowest BCUT2D eigenvalue weighted by Crippen LogP contribution is -2.00. The Morgan fingerprint density at radius 2 is 1.33 bits per heavy atom. The van der Waals surface area contributed by atoms with Crippen LogP contribution in [0, 0.1) is 0 Å². The van der Waals surface area contributed by atoms with Crippen LogP contribution in [0.1, 0.15) is 44.3 Å². The SMILES string of the molecule is CCc1c(C(=O)O)sc(C(=O)O)c1CC. The molecule has 0 fully saturated rings. The summed E-state index contributed by atoms with van der Waals surface area (Å²) >= 11 is 0.852. The van der Waals surface area contributed by atoms with Crippen molar-refractivity contribution in [2.75, 3.05) is 0 Å². The van der Waals surface area contributed by atoms with Crippen molar-refractivity contribution in [3.05, 3.63) is 20.9 Å². The molecule has 0 aliphatic carbocycles. The maximum absolute atomic E-state index is 10.9. The summed E-state index contributed by atoms with van der Waals surface area (Å²) in [4.78, 5) is 22.1. The molecular formula is C10H12O4S. The monoisotopic (exact) mass is 228 g/mol. The molecule has 1 aromatic rings. The molecule has 0 atom stereocenters. The molecule has 15 heavy (non-hydrogen) atoms. The van der Waals surface area contributed by atoms with E-state index in [-0.39, 0.29) is 9.75 Å². The molecule has 0 saturated carbocycles. The molecular weight excluding hydrogens is 216 g/mol. The van der Waals surface area contributed by atoms with Crippen molar-refractivity contribution >= 4 is 23.3 Å². The summed E-state index contributed by atoms with van der Waals surface area (Å²) in [5.41, 5.74) is 1.32. The zero-order valence-electron chi connectivity index (χ0n) is 8.53. The van der Waals surface area contributed by atoms with Gasteiger partial charge in [-0.2, -0.15) is 0 Å². The highest BCUT2D eigenvalue weighted by atomic mass is 32.1. The van der Waals surface area contributed by atoms with Crippen LogP contribution in [0.25, 0.3) is 0 Å². The standard InChI is InChI=1S/C10H12O4S/c1-3-5-6(4-2)8(10(13)14)15-7(5)9(11)12/h3-4H2,1-2H3,(H,11,12)(H,13,14). The number of hydrogen-bond donors (Lipinski definition) is 2. The first-order valence-electron chi connectivity index (χ1n) is 4.64. The largest absolute Gasteiger partial charge is 0.477 e. The van der Waals surface area contributed by atoms with Gasteiger partial charge in [-0.3, -0.25) is 0 Å². The third-order valence-electron chi connectivity index (χ3n) is 2.21. The summed E-state index contributed by atoms with van der Waals surface area (Å²) in [7, 11) is 0. The van der Waals surface area contributed by atoms with Crippen molar-refractivity contribution in [3.8, 4) is 0 Å². The number of hydrogen-bond acceptors (Lipinski definition) is 3. The predicted octanol–water partition coefficient (Wildman–Crippen LogP) is 2.27. The van der Waals surface area contributed by atoms with Crippen LogP contribution in [0.3, 0.4) is 0 Å². The van der Waals surface area contributed by atoms with Gasteiger partial charge < -0.3 is 10.2 Å². The first kappa shape index (κ1) is 11.7. The van der Waals surface area contributed by atoms with Gasteiger partial charge in [0.2, 0.25) is 0 Å². The summed E-state index contributed by atoms with van der Waals surface area (Å²) in [6, 6.07) is 0. The van der Waals surface area contributed by atoms with E-state index in [0.717, 1.165) is 11.3 Å². The summed E-state index contributed by atoms with van der Waals surface area (Å²) in [5, 5.41) is 17.9. The van der Waals surface area contributed by atoms with E-state index in [4.69, 9.17) is 10.2 Å². The summed E-state index contributed by atoms with van der Waals surface area (Å²) < 4.78 is 0. The van der Waals surface area contributed by atoms with Crippen LogP contribution in [0.2, 0.25) is 0 Å². The molecule has 1 heterocycles. The van der Waals surface area contributed by atoms with Crippen LogP contribution in [-0.4, -0.2) is 22.2 Å². The van der Waals surface area contributed by atoms with Crippen molar-refractivity contribution in [1.29, 1.82) is 0 Å². The van der Waals surface area contributed by atoms with Gasteiger partial charge in [0.25, 0.3) is 0 Å². The average molecular weight is 228 g/mol. The molecule has 1 aromatic heterocycles. The Hall–Kier alpha value is -1.36. The molecule has 0 aliphatic rings. The molecule has 0 unspecified atom stereocenters. The smallest absolute Gasteiger partial charge is 0.346 e. The Morgan fingerprint density at radius 3 is 1.53 bits per heavy atom. The van der Waals surface area contributed by atoms with E-state index in [1.165, 1.54) is 0 Å². The summed E-state index contributed by atoms with van der Waals surface area (Å²) in [6.45, 7) is 3.67. The fraction of sp³-hybridized carbons (Fsp3) is 0.400. The molecule has 2 N–H and O–H groups in total. The van der Waals surface area contributed by atoms with Crippen LogP contribution >= 0.6 is 11.3 Å². The minimum absolute atomic E-state index is 0.159. The van der Waals surface area contributed by atoms with Crippen molar-refractivity contribution < 1.29 is 19.8 Å². The first-order chi connectivity index (χ1) is 7.02. The maximum atomic E-state index is 10.9. The van der Waals surface area contributed by atoms with Gasteiger partial charge in [-0.05, 0) is 24.0 Å². The molecule has 0 aromatic carbocycles. The fourth-order valence-electron chi connectivity index (χ4n) is 1.59. The highest BCUT2D eigenvalue weighted by molar-refractivity contribution is 7.16. The van der Waals surface area contributed by atoms with Gasteiger partial charge in [0, 0.05) is 0 Å².